The molecule has 2 fully saturated rings. The molecule has 0 aromatic carbocycles. The van der Waals surface area contributed by atoms with E-state index in [1.807, 2.05) is 12.4 Å². The van der Waals surface area contributed by atoms with E-state index in [2.05, 4.69) is 31.9 Å². The first-order chi connectivity index (χ1) is 9.74. The highest BCUT2D eigenvalue weighted by atomic mass is 79.9. The minimum atomic E-state index is -0.213. The number of likely N-dealkylation sites (tertiary alicyclic amines) is 1. The lowest BCUT2D eigenvalue weighted by atomic mass is 9.89. The summed E-state index contributed by atoms with van der Waals surface area (Å²) in [6.45, 7) is 3.39. The van der Waals surface area contributed by atoms with Crippen LogP contribution in [-0.4, -0.2) is 46.9 Å². The van der Waals surface area contributed by atoms with Crippen molar-refractivity contribution in [3.63, 3.8) is 0 Å². The van der Waals surface area contributed by atoms with Crippen molar-refractivity contribution in [2.75, 3.05) is 19.8 Å². The molecule has 110 valence electrons. The molecule has 0 aliphatic carbocycles. The number of aromatic nitrogens is 1. The Balaban J connectivity index is 1.69. The molecular formula is C15H21BrN2O2. The van der Waals surface area contributed by atoms with Gasteiger partial charge in [0, 0.05) is 42.0 Å². The average molecular weight is 341 g/mol. The molecule has 5 heteroatoms. The number of aliphatic hydroxyl groups is 1. The Morgan fingerprint density at radius 3 is 3.10 bits per heavy atom. The summed E-state index contributed by atoms with van der Waals surface area (Å²) in [6.07, 6.45) is 6.65. The maximum Gasteiger partial charge on any atom is 0.0627 e. The van der Waals surface area contributed by atoms with Gasteiger partial charge in [-0.25, -0.2) is 0 Å². The smallest absolute Gasteiger partial charge is 0.0627 e. The van der Waals surface area contributed by atoms with Crippen LogP contribution in [0.3, 0.4) is 0 Å². The van der Waals surface area contributed by atoms with E-state index < -0.39 is 0 Å². The molecule has 0 bridgehead atoms. The molecule has 1 N–H and O–H groups in total. The van der Waals surface area contributed by atoms with Crippen LogP contribution in [0.5, 0.6) is 0 Å². The second-order valence-electron chi connectivity index (χ2n) is 5.79. The van der Waals surface area contributed by atoms with Gasteiger partial charge in [0.1, 0.15) is 0 Å². The molecule has 0 unspecified atom stereocenters. The fourth-order valence-electron chi connectivity index (χ4n) is 3.43. The number of hydrogen-bond donors (Lipinski definition) is 1. The van der Waals surface area contributed by atoms with Crippen molar-refractivity contribution >= 4 is 15.9 Å². The average Bonchev–Trinajstić information content (AvgIpc) is 2.87. The molecule has 20 heavy (non-hydrogen) atoms. The van der Waals surface area contributed by atoms with Gasteiger partial charge in [0.25, 0.3) is 0 Å². The zero-order valence-electron chi connectivity index (χ0n) is 11.5. The predicted molar refractivity (Wildman–Crippen MR) is 80.3 cm³/mol. The summed E-state index contributed by atoms with van der Waals surface area (Å²) in [5.41, 5.74) is 1.22. The number of hydrogen-bond acceptors (Lipinski definition) is 4. The molecule has 2 aliphatic heterocycles. The minimum Gasteiger partial charge on any atom is -0.393 e. The van der Waals surface area contributed by atoms with Crippen molar-refractivity contribution in [2.45, 2.75) is 38.0 Å². The van der Waals surface area contributed by atoms with Gasteiger partial charge < -0.3 is 9.84 Å². The second-order valence-corrected chi connectivity index (χ2v) is 6.70. The molecule has 3 atom stereocenters. The molecule has 1 aromatic rings. The predicted octanol–water partition coefficient (Wildman–Crippen LogP) is 2.21. The standard InChI is InChI=1S/C15H21BrN2O2/c16-12-6-11(7-17-8-12)9-18-4-1-2-14(18)13-10-20-5-3-15(13)19/h6-8,13-15,19H,1-5,9-10H2/t13-,14-,15-/m1/s1. The van der Waals surface area contributed by atoms with Gasteiger partial charge in [-0.3, -0.25) is 9.88 Å². The van der Waals surface area contributed by atoms with Crippen molar-refractivity contribution in [2.24, 2.45) is 5.92 Å². The monoisotopic (exact) mass is 340 g/mol. The summed E-state index contributed by atoms with van der Waals surface area (Å²) in [5, 5.41) is 10.2. The summed E-state index contributed by atoms with van der Waals surface area (Å²) in [6, 6.07) is 2.56. The van der Waals surface area contributed by atoms with Gasteiger partial charge >= 0.3 is 0 Å². The summed E-state index contributed by atoms with van der Waals surface area (Å²) >= 11 is 3.47. The Hall–Kier alpha value is -0.490. The first kappa shape index (κ1) is 14.4. The zero-order chi connectivity index (χ0) is 13.9. The molecule has 0 saturated carbocycles. The molecule has 3 rings (SSSR count). The molecule has 0 spiro atoms. The molecule has 2 aliphatic rings. The highest BCUT2D eigenvalue weighted by Crippen LogP contribution is 2.31. The van der Waals surface area contributed by atoms with Crippen molar-refractivity contribution < 1.29 is 9.84 Å². The van der Waals surface area contributed by atoms with Gasteiger partial charge in [-0.05, 0) is 53.4 Å². The Kier molecular flexibility index (Phi) is 4.71. The van der Waals surface area contributed by atoms with Crippen LogP contribution in [-0.2, 0) is 11.3 Å². The first-order valence-corrected chi connectivity index (χ1v) is 8.12. The van der Waals surface area contributed by atoms with E-state index in [4.69, 9.17) is 4.74 Å². The normalized spacial score (nSPS) is 31.6. The Labute approximate surface area is 128 Å². The van der Waals surface area contributed by atoms with Crippen LogP contribution in [0.25, 0.3) is 0 Å². The molecule has 0 radical (unpaired) electrons. The van der Waals surface area contributed by atoms with E-state index in [9.17, 15) is 5.11 Å². The molecule has 4 nitrogen and oxygen atoms in total. The van der Waals surface area contributed by atoms with Gasteiger partial charge in [-0.1, -0.05) is 0 Å². The van der Waals surface area contributed by atoms with E-state index >= 15 is 0 Å². The number of ether oxygens (including phenoxy) is 1. The van der Waals surface area contributed by atoms with Crippen LogP contribution in [0.4, 0.5) is 0 Å². The lowest BCUT2D eigenvalue weighted by molar-refractivity contribution is -0.0636. The molecule has 3 heterocycles. The Bertz CT molecular complexity index is 457. The van der Waals surface area contributed by atoms with Gasteiger partial charge in [-0.15, -0.1) is 0 Å². The van der Waals surface area contributed by atoms with Crippen LogP contribution in [0.15, 0.2) is 22.9 Å². The van der Waals surface area contributed by atoms with Gasteiger partial charge in [0.2, 0.25) is 0 Å². The third-order valence-corrected chi connectivity index (χ3v) is 4.85. The third kappa shape index (κ3) is 3.22. The zero-order valence-corrected chi connectivity index (χ0v) is 13.1. The van der Waals surface area contributed by atoms with Crippen LogP contribution in [0, 0.1) is 5.92 Å². The maximum absolute atomic E-state index is 10.2. The van der Waals surface area contributed by atoms with Gasteiger partial charge in [0.15, 0.2) is 0 Å². The van der Waals surface area contributed by atoms with Crippen molar-refractivity contribution in [1.82, 2.24) is 9.88 Å². The highest BCUT2D eigenvalue weighted by molar-refractivity contribution is 9.10. The SMILES string of the molecule is O[C@@H]1CCOC[C@@H]1[C@H]1CCCN1Cc1cncc(Br)c1. The molecular weight excluding hydrogens is 320 g/mol. The fraction of sp³-hybridized carbons (Fsp3) is 0.667. The van der Waals surface area contributed by atoms with Crippen LogP contribution in [0.1, 0.15) is 24.8 Å². The lowest BCUT2D eigenvalue weighted by Gasteiger charge is -2.37. The number of nitrogens with zero attached hydrogens (tertiary/aromatic N) is 2. The topological polar surface area (TPSA) is 45.6 Å². The van der Waals surface area contributed by atoms with Crippen LogP contribution in [0.2, 0.25) is 0 Å². The third-order valence-electron chi connectivity index (χ3n) is 4.42. The first-order valence-electron chi connectivity index (χ1n) is 7.33. The second kappa shape index (κ2) is 6.52. The summed E-state index contributed by atoms with van der Waals surface area (Å²) in [4.78, 5) is 6.71. The quantitative estimate of drug-likeness (QED) is 0.916. The van der Waals surface area contributed by atoms with Crippen molar-refractivity contribution in [3.05, 3.63) is 28.5 Å². The fourth-order valence-corrected chi connectivity index (χ4v) is 3.84. The number of pyridine rings is 1. The van der Waals surface area contributed by atoms with E-state index in [-0.39, 0.29) is 12.0 Å². The number of aliphatic hydroxyl groups excluding tert-OH is 1. The van der Waals surface area contributed by atoms with Gasteiger partial charge in [0.05, 0.1) is 12.7 Å². The largest absolute Gasteiger partial charge is 0.393 e. The van der Waals surface area contributed by atoms with Crippen molar-refractivity contribution in [1.29, 1.82) is 0 Å². The van der Waals surface area contributed by atoms with E-state index in [0.717, 1.165) is 30.4 Å². The molecule has 0 amide bonds. The van der Waals surface area contributed by atoms with Crippen LogP contribution >= 0.6 is 15.9 Å². The van der Waals surface area contributed by atoms with E-state index in [1.165, 1.54) is 12.0 Å². The molecule has 1 aromatic heterocycles. The minimum absolute atomic E-state index is 0.213. The van der Waals surface area contributed by atoms with Crippen LogP contribution < -0.4 is 0 Å². The van der Waals surface area contributed by atoms with E-state index in [0.29, 0.717) is 19.3 Å². The summed E-state index contributed by atoms with van der Waals surface area (Å²) < 4.78 is 6.60. The van der Waals surface area contributed by atoms with Crippen molar-refractivity contribution in [3.8, 4) is 0 Å². The lowest BCUT2D eigenvalue weighted by Crippen LogP contribution is -2.45. The summed E-state index contributed by atoms with van der Waals surface area (Å²) in [7, 11) is 0. The Morgan fingerprint density at radius 2 is 2.30 bits per heavy atom. The summed E-state index contributed by atoms with van der Waals surface area (Å²) in [5.74, 6) is 0.256. The maximum atomic E-state index is 10.2. The molecule has 2 saturated heterocycles. The number of halogens is 1. The number of rotatable bonds is 3. The Morgan fingerprint density at radius 1 is 1.40 bits per heavy atom. The highest BCUT2D eigenvalue weighted by Gasteiger charge is 2.37. The van der Waals surface area contributed by atoms with Gasteiger partial charge in [-0.2, -0.15) is 0 Å². The van der Waals surface area contributed by atoms with E-state index in [1.54, 1.807) is 0 Å².